The number of carbonyl (C=O) groups is 2. The molecule has 1 fully saturated rings. The number of benzene rings is 2. The van der Waals surface area contributed by atoms with E-state index in [2.05, 4.69) is 41.1 Å². The Morgan fingerprint density at radius 1 is 1.07 bits per heavy atom. The van der Waals surface area contributed by atoms with Crippen LogP contribution in [-0.2, 0) is 22.6 Å². The molecule has 0 aromatic heterocycles. The third-order valence-electron chi connectivity index (χ3n) is 5.91. The summed E-state index contributed by atoms with van der Waals surface area (Å²) in [5.74, 6) is 0.0110. The number of carbonyl (C=O) groups excluding carboxylic acids is 2. The van der Waals surface area contributed by atoms with Gasteiger partial charge in [-0.25, -0.2) is 0 Å². The van der Waals surface area contributed by atoms with Crippen molar-refractivity contribution in [1.82, 2.24) is 9.80 Å². The zero-order chi connectivity index (χ0) is 20.2. The second-order valence-corrected chi connectivity index (χ2v) is 7.79. The van der Waals surface area contributed by atoms with Crippen LogP contribution in [0.4, 0.5) is 5.69 Å². The Hall–Kier alpha value is -2.92. The summed E-state index contributed by atoms with van der Waals surface area (Å²) in [5, 5.41) is 3.11. The Morgan fingerprint density at radius 3 is 2.66 bits per heavy atom. The van der Waals surface area contributed by atoms with Gasteiger partial charge < -0.3 is 10.2 Å². The number of hydrogen-bond donors (Lipinski definition) is 1. The minimum absolute atomic E-state index is 0.00264. The Kier molecular flexibility index (Phi) is 5.76. The van der Waals surface area contributed by atoms with Gasteiger partial charge in [0.25, 0.3) is 0 Å². The molecule has 0 radical (unpaired) electrons. The summed E-state index contributed by atoms with van der Waals surface area (Å²) < 4.78 is 0. The van der Waals surface area contributed by atoms with Crippen molar-refractivity contribution in [3.05, 3.63) is 77.9 Å². The highest BCUT2D eigenvalue weighted by Crippen LogP contribution is 2.33. The maximum Gasteiger partial charge on any atom is 0.246 e. The first kappa shape index (κ1) is 19.4. The van der Waals surface area contributed by atoms with E-state index in [4.69, 9.17) is 0 Å². The van der Waals surface area contributed by atoms with Crippen molar-refractivity contribution in [3.8, 4) is 0 Å². The zero-order valence-corrected chi connectivity index (χ0v) is 16.6. The molecule has 1 N–H and O–H groups in total. The quantitative estimate of drug-likeness (QED) is 0.799. The van der Waals surface area contributed by atoms with Gasteiger partial charge in [-0.3, -0.25) is 14.5 Å². The van der Waals surface area contributed by atoms with Crippen LogP contribution in [0.25, 0.3) is 0 Å². The Balaban J connectivity index is 1.35. The fraction of sp³-hybridized carbons (Fsp3) is 0.333. The van der Waals surface area contributed by atoms with Crippen LogP contribution in [0.15, 0.2) is 61.2 Å². The third-order valence-corrected chi connectivity index (χ3v) is 5.91. The molecule has 1 atom stereocenters. The molecule has 1 saturated heterocycles. The molecule has 150 valence electrons. The van der Waals surface area contributed by atoms with E-state index in [1.165, 1.54) is 11.6 Å². The van der Waals surface area contributed by atoms with Crippen molar-refractivity contribution in [1.29, 1.82) is 0 Å². The highest BCUT2D eigenvalue weighted by molar-refractivity contribution is 5.96. The summed E-state index contributed by atoms with van der Waals surface area (Å²) in [5.41, 5.74) is 4.46. The summed E-state index contributed by atoms with van der Waals surface area (Å²) in [6.07, 6.45) is 3.22. The first-order valence-corrected chi connectivity index (χ1v) is 10.3. The number of fused-ring (bicyclic) bond motifs is 1. The van der Waals surface area contributed by atoms with E-state index in [0.717, 1.165) is 62.4 Å². The minimum Gasteiger partial charge on any atom is -0.337 e. The lowest BCUT2D eigenvalue weighted by atomic mass is 10.0. The summed E-state index contributed by atoms with van der Waals surface area (Å²) in [6.45, 7) is 7.50. The fourth-order valence-electron chi connectivity index (χ4n) is 4.32. The Bertz CT molecular complexity index is 916. The number of anilines is 1. The van der Waals surface area contributed by atoms with Crippen LogP contribution in [0.3, 0.4) is 0 Å². The number of nitrogens with zero attached hydrogens (tertiary/aromatic N) is 2. The van der Waals surface area contributed by atoms with E-state index >= 15 is 0 Å². The fourth-order valence-corrected chi connectivity index (χ4v) is 4.32. The predicted octanol–water partition coefficient (Wildman–Crippen LogP) is 3.19. The van der Waals surface area contributed by atoms with Gasteiger partial charge >= 0.3 is 0 Å². The highest BCUT2D eigenvalue weighted by Gasteiger charge is 2.28. The van der Waals surface area contributed by atoms with Gasteiger partial charge in [0.2, 0.25) is 11.8 Å². The van der Waals surface area contributed by atoms with Crippen molar-refractivity contribution in [3.63, 3.8) is 0 Å². The van der Waals surface area contributed by atoms with Crippen molar-refractivity contribution in [2.24, 2.45) is 0 Å². The van der Waals surface area contributed by atoms with Crippen molar-refractivity contribution < 1.29 is 9.59 Å². The molecule has 0 spiro atoms. The van der Waals surface area contributed by atoms with Crippen LogP contribution >= 0.6 is 0 Å². The van der Waals surface area contributed by atoms with E-state index in [1.807, 2.05) is 29.2 Å². The van der Waals surface area contributed by atoms with Gasteiger partial charge in [-0.1, -0.05) is 43.0 Å². The van der Waals surface area contributed by atoms with E-state index in [9.17, 15) is 9.59 Å². The molecular weight excluding hydrogens is 362 g/mol. The van der Waals surface area contributed by atoms with E-state index in [0.29, 0.717) is 0 Å². The predicted molar refractivity (Wildman–Crippen MR) is 115 cm³/mol. The van der Waals surface area contributed by atoms with Crippen LogP contribution in [0, 0.1) is 0 Å². The molecule has 2 amide bonds. The molecule has 1 unspecified atom stereocenters. The van der Waals surface area contributed by atoms with Crippen molar-refractivity contribution in [2.75, 3.05) is 31.5 Å². The molecule has 0 bridgehead atoms. The van der Waals surface area contributed by atoms with Crippen molar-refractivity contribution >= 4 is 17.5 Å². The maximum absolute atomic E-state index is 12.8. The molecule has 29 heavy (non-hydrogen) atoms. The summed E-state index contributed by atoms with van der Waals surface area (Å²) in [4.78, 5) is 28.7. The zero-order valence-electron chi connectivity index (χ0n) is 16.6. The van der Waals surface area contributed by atoms with Gasteiger partial charge in [-0.05, 0) is 47.7 Å². The number of hydrogen-bond acceptors (Lipinski definition) is 3. The lowest BCUT2D eigenvalue weighted by Crippen LogP contribution is -2.47. The number of amides is 2. The lowest BCUT2D eigenvalue weighted by Gasteiger charge is -2.34. The molecule has 1 aliphatic carbocycles. The second-order valence-electron chi connectivity index (χ2n) is 7.79. The second kappa shape index (κ2) is 8.62. The molecule has 5 nitrogen and oxygen atoms in total. The normalized spacial score (nSPS) is 18.9. The third kappa shape index (κ3) is 4.40. The van der Waals surface area contributed by atoms with E-state index in [1.54, 1.807) is 0 Å². The largest absolute Gasteiger partial charge is 0.337 e. The molecule has 2 aromatic rings. The van der Waals surface area contributed by atoms with Crippen LogP contribution in [0.2, 0.25) is 0 Å². The smallest absolute Gasteiger partial charge is 0.246 e. The van der Waals surface area contributed by atoms with E-state index < -0.39 is 0 Å². The molecule has 2 aliphatic rings. The van der Waals surface area contributed by atoms with Gasteiger partial charge in [0.1, 0.15) is 0 Å². The Labute approximate surface area is 172 Å². The van der Waals surface area contributed by atoms with Gasteiger partial charge in [-0.15, -0.1) is 0 Å². The van der Waals surface area contributed by atoms with Gasteiger partial charge in [-0.2, -0.15) is 0 Å². The average molecular weight is 389 g/mol. The summed E-state index contributed by atoms with van der Waals surface area (Å²) >= 11 is 0. The van der Waals surface area contributed by atoms with Gasteiger partial charge in [0, 0.05) is 38.4 Å². The molecule has 4 rings (SSSR count). The van der Waals surface area contributed by atoms with Gasteiger partial charge in [0.05, 0.1) is 5.92 Å². The number of nitrogens with one attached hydrogen (secondary N) is 1. The molecular formula is C24H27N3O2. The maximum atomic E-state index is 12.8. The van der Waals surface area contributed by atoms with Crippen LogP contribution in [0.1, 0.15) is 29.0 Å². The summed E-state index contributed by atoms with van der Waals surface area (Å²) in [6, 6.07) is 16.3. The molecule has 1 aliphatic heterocycles. The Morgan fingerprint density at radius 2 is 1.86 bits per heavy atom. The molecule has 0 saturated carbocycles. The number of piperazine rings is 1. The van der Waals surface area contributed by atoms with Crippen LogP contribution in [0.5, 0.6) is 0 Å². The molecule has 2 aromatic carbocycles. The standard InChI is InChI=1S/C24H27N3O2/c1-2-23(28)27-14-12-26(13-15-27)17-18-6-5-8-20(16-18)25-24(29)22-11-10-19-7-3-4-9-21(19)22/h2-9,16,22H,1,10-15,17H2,(H,25,29). The van der Waals surface area contributed by atoms with Crippen molar-refractivity contribution in [2.45, 2.75) is 25.3 Å². The summed E-state index contributed by atoms with van der Waals surface area (Å²) in [7, 11) is 0. The SMILES string of the molecule is C=CC(=O)N1CCN(Cc2cccc(NC(=O)C3CCc4ccccc43)c2)CC1. The number of rotatable bonds is 5. The van der Waals surface area contributed by atoms with Crippen LogP contribution in [-0.4, -0.2) is 47.8 Å². The number of aryl methyl sites for hydroxylation is 1. The average Bonchev–Trinajstić information content (AvgIpc) is 3.18. The van der Waals surface area contributed by atoms with Gasteiger partial charge in [0.15, 0.2) is 0 Å². The van der Waals surface area contributed by atoms with E-state index in [-0.39, 0.29) is 17.7 Å². The topological polar surface area (TPSA) is 52.7 Å². The first-order valence-electron chi connectivity index (χ1n) is 10.3. The minimum atomic E-state index is -0.0645. The first-order chi connectivity index (χ1) is 14.1. The molecule has 5 heteroatoms. The van der Waals surface area contributed by atoms with Crippen LogP contribution < -0.4 is 5.32 Å². The highest BCUT2D eigenvalue weighted by atomic mass is 16.2. The monoisotopic (exact) mass is 389 g/mol. The lowest BCUT2D eigenvalue weighted by molar-refractivity contribution is -0.127. The molecule has 1 heterocycles.